The van der Waals surface area contributed by atoms with Gasteiger partial charge in [-0.3, -0.25) is 14.5 Å². The van der Waals surface area contributed by atoms with Crippen molar-refractivity contribution in [3.05, 3.63) is 94.0 Å². The van der Waals surface area contributed by atoms with Crippen molar-refractivity contribution in [1.29, 1.82) is 5.26 Å². The molecule has 0 spiro atoms. The SMILES string of the molecule is COc1ccc(Cl)cc1/C(O)=C1\C(=O)C(=O)N(c2ccc(C#N)cc2)C1c1ccccc1OC. The summed E-state index contributed by atoms with van der Waals surface area (Å²) in [4.78, 5) is 27.9. The van der Waals surface area contributed by atoms with Gasteiger partial charge in [0.1, 0.15) is 17.3 Å². The largest absolute Gasteiger partial charge is 0.507 e. The molecule has 1 unspecified atom stereocenters. The molecule has 3 aromatic carbocycles. The first-order chi connectivity index (χ1) is 16.4. The molecular weight excluding hydrogens is 456 g/mol. The molecule has 1 N–H and O–H groups in total. The minimum Gasteiger partial charge on any atom is -0.507 e. The Morgan fingerprint density at radius 1 is 1.00 bits per heavy atom. The second-order valence-electron chi connectivity index (χ2n) is 7.41. The number of hydrogen-bond donors (Lipinski definition) is 1. The highest BCUT2D eigenvalue weighted by Crippen LogP contribution is 2.45. The van der Waals surface area contributed by atoms with E-state index in [4.69, 9.17) is 26.3 Å². The lowest BCUT2D eigenvalue weighted by atomic mass is 9.94. The zero-order chi connectivity index (χ0) is 24.4. The first kappa shape index (κ1) is 22.9. The van der Waals surface area contributed by atoms with Gasteiger partial charge in [-0.05, 0) is 48.5 Å². The summed E-state index contributed by atoms with van der Waals surface area (Å²) >= 11 is 6.15. The number of benzene rings is 3. The number of aliphatic hydroxyl groups is 1. The summed E-state index contributed by atoms with van der Waals surface area (Å²) in [6, 6.07) is 18.8. The number of anilines is 1. The van der Waals surface area contributed by atoms with Gasteiger partial charge in [0.2, 0.25) is 0 Å². The van der Waals surface area contributed by atoms with Gasteiger partial charge in [-0.15, -0.1) is 0 Å². The molecule has 1 saturated heterocycles. The number of halogens is 1. The van der Waals surface area contributed by atoms with E-state index < -0.39 is 23.5 Å². The summed E-state index contributed by atoms with van der Waals surface area (Å²) < 4.78 is 10.9. The van der Waals surface area contributed by atoms with Crippen molar-refractivity contribution >= 4 is 34.7 Å². The van der Waals surface area contributed by atoms with Crippen LogP contribution in [-0.2, 0) is 9.59 Å². The molecule has 34 heavy (non-hydrogen) atoms. The van der Waals surface area contributed by atoms with E-state index >= 15 is 0 Å². The summed E-state index contributed by atoms with van der Waals surface area (Å²) in [5, 5.41) is 20.8. The van der Waals surface area contributed by atoms with Crippen LogP contribution in [0.3, 0.4) is 0 Å². The van der Waals surface area contributed by atoms with E-state index in [1.54, 1.807) is 60.7 Å². The molecule has 0 aromatic heterocycles. The van der Waals surface area contributed by atoms with E-state index in [9.17, 15) is 14.7 Å². The van der Waals surface area contributed by atoms with E-state index in [0.717, 1.165) is 0 Å². The number of nitrogens with zero attached hydrogens (tertiary/aromatic N) is 2. The third-order valence-electron chi connectivity index (χ3n) is 5.57. The highest BCUT2D eigenvalue weighted by atomic mass is 35.5. The van der Waals surface area contributed by atoms with Crippen molar-refractivity contribution in [3.63, 3.8) is 0 Å². The van der Waals surface area contributed by atoms with Gasteiger partial charge in [-0.2, -0.15) is 5.26 Å². The van der Waals surface area contributed by atoms with Crippen molar-refractivity contribution < 1.29 is 24.2 Å². The van der Waals surface area contributed by atoms with E-state index in [1.807, 2.05) is 6.07 Å². The average Bonchev–Trinajstić information content (AvgIpc) is 3.13. The first-order valence-electron chi connectivity index (χ1n) is 10.2. The molecule has 1 fully saturated rings. The molecule has 8 heteroatoms. The summed E-state index contributed by atoms with van der Waals surface area (Å²) in [7, 11) is 2.90. The molecule has 0 aliphatic carbocycles. The van der Waals surface area contributed by atoms with Gasteiger partial charge in [-0.1, -0.05) is 29.8 Å². The van der Waals surface area contributed by atoms with E-state index in [2.05, 4.69) is 0 Å². The number of hydrogen-bond acceptors (Lipinski definition) is 6. The lowest BCUT2D eigenvalue weighted by molar-refractivity contribution is -0.132. The average molecular weight is 475 g/mol. The predicted octanol–water partition coefficient (Wildman–Crippen LogP) is 4.86. The molecule has 7 nitrogen and oxygen atoms in total. The molecule has 0 saturated carbocycles. The lowest BCUT2D eigenvalue weighted by Gasteiger charge is -2.26. The molecular formula is C26H19ClN2O5. The van der Waals surface area contributed by atoms with E-state index in [0.29, 0.717) is 27.6 Å². The van der Waals surface area contributed by atoms with Crippen LogP contribution in [0.1, 0.15) is 22.7 Å². The van der Waals surface area contributed by atoms with Crippen LogP contribution in [0.4, 0.5) is 5.69 Å². The van der Waals surface area contributed by atoms with Crippen molar-refractivity contribution in [2.24, 2.45) is 0 Å². The van der Waals surface area contributed by atoms with Crippen LogP contribution in [0.15, 0.2) is 72.3 Å². The summed E-state index contributed by atoms with van der Waals surface area (Å²) in [5.74, 6) is -1.42. The molecule has 1 heterocycles. The van der Waals surface area contributed by atoms with Gasteiger partial charge < -0.3 is 14.6 Å². The van der Waals surface area contributed by atoms with Gasteiger partial charge >= 0.3 is 0 Å². The Kier molecular flexibility index (Phi) is 6.26. The number of para-hydroxylation sites is 1. The maximum atomic E-state index is 13.3. The fraction of sp³-hybridized carbons (Fsp3) is 0.115. The number of carbonyl (C=O) groups excluding carboxylic acids is 2. The van der Waals surface area contributed by atoms with Crippen LogP contribution >= 0.6 is 11.6 Å². The van der Waals surface area contributed by atoms with Gasteiger partial charge in [0.25, 0.3) is 11.7 Å². The summed E-state index contributed by atoms with van der Waals surface area (Å²) in [6.07, 6.45) is 0. The van der Waals surface area contributed by atoms with Gasteiger partial charge in [0.15, 0.2) is 0 Å². The maximum absolute atomic E-state index is 13.3. The van der Waals surface area contributed by atoms with Crippen molar-refractivity contribution in [2.45, 2.75) is 6.04 Å². The number of nitriles is 1. The monoisotopic (exact) mass is 474 g/mol. The molecule has 170 valence electrons. The minimum atomic E-state index is -1.01. The molecule has 1 aliphatic heterocycles. The Balaban J connectivity index is 2.01. The van der Waals surface area contributed by atoms with Crippen LogP contribution in [-0.4, -0.2) is 31.0 Å². The minimum absolute atomic E-state index is 0.139. The predicted molar refractivity (Wildman–Crippen MR) is 127 cm³/mol. The van der Waals surface area contributed by atoms with E-state index in [1.165, 1.54) is 25.2 Å². The number of ether oxygens (including phenoxy) is 2. The van der Waals surface area contributed by atoms with Crippen molar-refractivity contribution in [3.8, 4) is 17.6 Å². The number of aliphatic hydroxyl groups excluding tert-OH is 1. The highest BCUT2D eigenvalue weighted by Gasteiger charge is 2.48. The van der Waals surface area contributed by atoms with Crippen LogP contribution in [0.5, 0.6) is 11.5 Å². The maximum Gasteiger partial charge on any atom is 0.300 e. The van der Waals surface area contributed by atoms with Crippen molar-refractivity contribution in [1.82, 2.24) is 0 Å². The quantitative estimate of drug-likeness (QED) is 0.322. The highest BCUT2D eigenvalue weighted by molar-refractivity contribution is 6.51. The Morgan fingerprint density at radius 3 is 2.32 bits per heavy atom. The normalized spacial score (nSPS) is 16.9. The second-order valence-corrected chi connectivity index (χ2v) is 7.85. The number of carbonyl (C=O) groups is 2. The molecule has 4 rings (SSSR count). The third kappa shape index (κ3) is 3.85. The zero-order valence-corrected chi connectivity index (χ0v) is 19.0. The second kappa shape index (κ2) is 9.30. The number of rotatable bonds is 5. The van der Waals surface area contributed by atoms with Crippen LogP contribution in [0.2, 0.25) is 5.02 Å². The molecule has 0 radical (unpaired) electrons. The Labute approximate surface area is 201 Å². The van der Waals surface area contributed by atoms with Crippen LogP contribution in [0, 0.1) is 11.3 Å². The van der Waals surface area contributed by atoms with E-state index in [-0.39, 0.29) is 16.9 Å². The number of amides is 1. The topological polar surface area (TPSA) is 99.9 Å². The number of ketones is 1. The molecule has 1 atom stereocenters. The van der Waals surface area contributed by atoms with Crippen LogP contribution in [0.25, 0.3) is 5.76 Å². The van der Waals surface area contributed by atoms with Crippen LogP contribution < -0.4 is 14.4 Å². The molecule has 0 bridgehead atoms. The zero-order valence-electron chi connectivity index (χ0n) is 18.3. The molecule has 1 amide bonds. The van der Waals surface area contributed by atoms with Gasteiger partial charge in [0, 0.05) is 16.3 Å². The lowest BCUT2D eigenvalue weighted by Crippen LogP contribution is -2.29. The smallest absolute Gasteiger partial charge is 0.300 e. The third-order valence-corrected chi connectivity index (χ3v) is 5.80. The Bertz CT molecular complexity index is 1360. The first-order valence-corrected chi connectivity index (χ1v) is 10.6. The summed E-state index contributed by atoms with van der Waals surface area (Å²) in [5.41, 5.74) is 1.32. The number of Topliss-reactive ketones (excluding diaryl/α,β-unsaturated/α-hetero) is 1. The molecule has 3 aromatic rings. The summed E-state index contributed by atoms with van der Waals surface area (Å²) in [6.45, 7) is 0. The fourth-order valence-corrected chi connectivity index (χ4v) is 4.16. The van der Waals surface area contributed by atoms with Gasteiger partial charge in [0.05, 0.1) is 43.0 Å². The number of methoxy groups -OCH3 is 2. The Morgan fingerprint density at radius 2 is 1.68 bits per heavy atom. The Hall–Kier alpha value is -4.28. The van der Waals surface area contributed by atoms with Gasteiger partial charge in [-0.25, -0.2) is 0 Å². The fourth-order valence-electron chi connectivity index (χ4n) is 3.99. The van der Waals surface area contributed by atoms with Crippen molar-refractivity contribution in [2.75, 3.05) is 19.1 Å². The standard InChI is InChI=1S/C26H19ClN2O5/c1-33-20-6-4-3-5-18(20)23-22(24(30)19-13-16(27)9-12-21(19)34-2)25(31)26(32)29(23)17-10-7-15(14-28)8-11-17/h3-13,23,30H,1-2H3/b24-22+. The molecule has 1 aliphatic rings.